The highest BCUT2D eigenvalue weighted by Crippen LogP contribution is 2.17. The zero-order valence-corrected chi connectivity index (χ0v) is 13.0. The number of amides is 1. The zero-order chi connectivity index (χ0) is 14.5. The molecule has 0 atom stereocenters. The Bertz CT molecular complexity index is 594. The maximum atomic E-state index is 12.0. The predicted molar refractivity (Wildman–Crippen MR) is 80.0 cm³/mol. The molecule has 0 saturated carbocycles. The lowest BCUT2D eigenvalue weighted by molar-refractivity contribution is 0.0741. The standard InChI is InChI=1S/C15H16BrNO3/c1-11-5-3-4-6-12(11)19-10-9-17(2)15(18)13-7-8-14(16)20-13/h3-8H,9-10H2,1-2H3. The average Bonchev–Trinajstić information content (AvgIpc) is 2.86. The molecule has 2 aromatic rings. The van der Waals surface area contributed by atoms with E-state index in [0.29, 0.717) is 23.6 Å². The smallest absolute Gasteiger partial charge is 0.289 e. The van der Waals surface area contributed by atoms with Gasteiger partial charge in [0.15, 0.2) is 10.4 Å². The van der Waals surface area contributed by atoms with Crippen LogP contribution in [-0.2, 0) is 0 Å². The third-order valence-corrected chi connectivity index (χ3v) is 3.33. The minimum Gasteiger partial charge on any atom is -0.491 e. The van der Waals surface area contributed by atoms with Crippen molar-refractivity contribution in [1.82, 2.24) is 4.90 Å². The second-order valence-electron chi connectivity index (χ2n) is 4.44. The van der Waals surface area contributed by atoms with Crippen LogP contribution in [0.15, 0.2) is 45.5 Å². The van der Waals surface area contributed by atoms with E-state index in [1.807, 2.05) is 31.2 Å². The van der Waals surface area contributed by atoms with E-state index in [0.717, 1.165) is 11.3 Å². The van der Waals surface area contributed by atoms with Crippen LogP contribution in [0.4, 0.5) is 0 Å². The van der Waals surface area contributed by atoms with Gasteiger partial charge in [-0.15, -0.1) is 0 Å². The van der Waals surface area contributed by atoms with E-state index in [1.165, 1.54) is 0 Å². The van der Waals surface area contributed by atoms with Crippen LogP contribution in [0.1, 0.15) is 16.1 Å². The molecular formula is C15H16BrNO3. The van der Waals surface area contributed by atoms with E-state index in [1.54, 1.807) is 24.1 Å². The number of carbonyl (C=O) groups is 1. The normalized spacial score (nSPS) is 10.3. The summed E-state index contributed by atoms with van der Waals surface area (Å²) in [5, 5.41) is 0. The van der Waals surface area contributed by atoms with E-state index >= 15 is 0 Å². The van der Waals surface area contributed by atoms with Crippen molar-refractivity contribution in [2.24, 2.45) is 0 Å². The van der Waals surface area contributed by atoms with Gasteiger partial charge in [0.2, 0.25) is 0 Å². The molecule has 0 aliphatic heterocycles. The van der Waals surface area contributed by atoms with Crippen LogP contribution >= 0.6 is 15.9 Å². The zero-order valence-electron chi connectivity index (χ0n) is 11.4. The topological polar surface area (TPSA) is 42.7 Å². The third-order valence-electron chi connectivity index (χ3n) is 2.91. The molecule has 0 aliphatic carbocycles. The number of aryl methyl sites for hydroxylation is 1. The highest BCUT2D eigenvalue weighted by Gasteiger charge is 2.15. The number of rotatable bonds is 5. The number of benzene rings is 1. The van der Waals surface area contributed by atoms with Gasteiger partial charge in [0.25, 0.3) is 5.91 Å². The van der Waals surface area contributed by atoms with Gasteiger partial charge in [0.05, 0.1) is 6.54 Å². The first-order chi connectivity index (χ1) is 9.58. The second-order valence-corrected chi connectivity index (χ2v) is 5.23. The number of carbonyl (C=O) groups excluding carboxylic acids is 1. The lowest BCUT2D eigenvalue weighted by Crippen LogP contribution is -2.30. The van der Waals surface area contributed by atoms with Crippen LogP contribution in [0.5, 0.6) is 5.75 Å². The fourth-order valence-corrected chi connectivity index (χ4v) is 2.04. The fraction of sp³-hybridized carbons (Fsp3) is 0.267. The molecular weight excluding hydrogens is 322 g/mol. The molecule has 0 N–H and O–H groups in total. The van der Waals surface area contributed by atoms with Crippen LogP contribution in [0.2, 0.25) is 0 Å². The van der Waals surface area contributed by atoms with Crippen LogP contribution in [0, 0.1) is 6.92 Å². The van der Waals surface area contributed by atoms with Crippen LogP contribution in [0.25, 0.3) is 0 Å². The number of para-hydroxylation sites is 1. The third kappa shape index (κ3) is 3.63. The second kappa shape index (κ2) is 6.61. The molecule has 0 radical (unpaired) electrons. The van der Waals surface area contributed by atoms with Gasteiger partial charge in [-0.05, 0) is 46.6 Å². The van der Waals surface area contributed by atoms with Gasteiger partial charge in [-0.3, -0.25) is 4.79 Å². The molecule has 0 saturated heterocycles. The number of likely N-dealkylation sites (N-methyl/N-ethyl adjacent to an activating group) is 1. The molecule has 1 amide bonds. The van der Waals surface area contributed by atoms with Crippen LogP contribution in [0.3, 0.4) is 0 Å². The van der Waals surface area contributed by atoms with Crippen molar-refractivity contribution in [2.45, 2.75) is 6.92 Å². The predicted octanol–water partition coefficient (Wildman–Crippen LogP) is 3.50. The first-order valence-corrected chi connectivity index (χ1v) is 7.06. The Morgan fingerprint density at radius 3 is 2.70 bits per heavy atom. The Kier molecular flexibility index (Phi) is 4.84. The Morgan fingerprint density at radius 2 is 2.05 bits per heavy atom. The Hall–Kier alpha value is -1.75. The monoisotopic (exact) mass is 337 g/mol. The maximum Gasteiger partial charge on any atom is 0.289 e. The molecule has 0 spiro atoms. The average molecular weight is 338 g/mol. The number of hydrogen-bond donors (Lipinski definition) is 0. The quantitative estimate of drug-likeness (QED) is 0.838. The van der Waals surface area contributed by atoms with Crippen molar-refractivity contribution in [3.63, 3.8) is 0 Å². The molecule has 0 fully saturated rings. The number of halogens is 1. The molecule has 20 heavy (non-hydrogen) atoms. The van der Waals surface area contributed by atoms with Gasteiger partial charge in [-0.1, -0.05) is 18.2 Å². The van der Waals surface area contributed by atoms with Crippen molar-refractivity contribution in [2.75, 3.05) is 20.2 Å². The van der Waals surface area contributed by atoms with Gasteiger partial charge < -0.3 is 14.1 Å². The molecule has 0 unspecified atom stereocenters. The summed E-state index contributed by atoms with van der Waals surface area (Å²) in [6.07, 6.45) is 0. The molecule has 1 heterocycles. The highest BCUT2D eigenvalue weighted by molar-refractivity contribution is 9.10. The van der Waals surface area contributed by atoms with Crippen LogP contribution in [-0.4, -0.2) is 31.0 Å². The number of ether oxygens (including phenoxy) is 1. The van der Waals surface area contributed by atoms with Crippen LogP contribution < -0.4 is 4.74 Å². The molecule has 0 aliphatic rings. The van der Waals surface area contributed by atoms with Gasteiger partial charge in [0.1, 0.15) is 12.4 Å². The largest absolute Gasteiger partial charge is 0.491 e. The van der Waals surface area contributed by atoms with E-state index < -0.39 is 0 Å². The minimum absolute atomic E-state index is 0.163. The van der Waals surface area contributed by atoms with Crippen molar-refractivity contribution in [3.8, 4) is 5.75 Å². The molecule has 4 nitrogen and oxygen atoms in total. The Balaban J connectivity index is 1.85. The SMILES string of the molecule is Cc1ccccc1OCCN(C)C(=O)c1ccc(Br)o1. The molecule has 2 rings (SSSR count). The lowest BCUT2D eigenvalue weighted by Gasteiger charge is -2.16. The molecule has 5 heteroatoms. The van der Waals surface area contributed by atoms with E-state index in [9.17, 15) is 4.79 Å². The molecule has 0 bridgehead atoms. The lowest BCUT2D eigenvalue weighted by atomic mass is 10.2. The summed E-state index contributed by atoms with van der Waals surface area (Å²) in [5.74, 6) is 0.994. The van der Waals surface area contributed by atoms with Gasteiger partial charge >= 0.3 is 0 Å². The van der Waals surface area contributed by atoms with Crippen molar-refractivity contribution in [3.05, 3.63) is 52.4 Å². The summed E-state index contributed by atoms with van der Waals surface area (Å²) in [7, 11) is 1.72. The van der Waals surface area contributed by atoms with E-state index in [2.05, 4.69) is 15.9 Å². The summed E-state index contributed by atoms with van der Waals surface area (Å²) in [6.45, 7) is 2.92. The maximum absolute atomic E-state index is 12.0. The fourth-order valence-electron chi connectivity index (χ4n) is 1.73. The molecule has 1 aromatic heterocycles. The first-order valence-electron chi connectivity index (χ1n) is 6.27. The molecule has 1 aromatic carbocycles. The summed E-state index contributed by atoms with van der Waals surface area (Å²) >= 11 is 3.18. The summed E-state index contributed by atoms with van der Waals surface area (Å²) in [5.41, 5.74) is 1.08. The van der Waals surface area contributed by atoms with Gasteiger partial charge in [-0.2, -0.15) is 0 Å². The summed E-state index contributed by atoms with van der Waals surface area (Å²) < 4.78 is 11.4. The number of hydrogen-bond acceptors (Lipinski definition) is 3. The molecule has 106 valence electrons. The van der Waals surface area contributed by atoms with Crippen molar-refractivity contribution in [1.29, 1.82) is 0 Å². The van der Waals surface area contributed by atoms with Gasteiger partial charge in [0, 0.05) is 7.05 Å². The van der Waals surface area contributed by atoms with E-state index in [-0.39, 0.29) is 5.91 Å². The Morgan fingerprint density at radius 1 is 1.30 bits per heavy atom. The first kappa shape index (κ1) is 14.7. The van der Waals surface area contributed by atoms with Crippen molar-refractivity contribution >= 4 is 21.8 Å². The summed E-state index contributed by atoms with van der Waals surface area (Å²) in [4.78, 5) is 13.6. The van der Waals surface area contributed by atoms with E-state index in [4.69, 9.17) is 9.15 Å². The number of nitrogens with zero attached hydrogens (tertiary/aromatic N) is 1. The van der Waals surface area contributed by atoms with Crippen molar-refractivity contribution < 1.29 is 13.9 Å². The minimum atomic E-state index is -0.163. The highest BCUT2D eigenvalue weighted by atomic mass is 79.9. The summed E-state index contributed by atoms with van der Waals surface area (Å²) in [6, 6.07) is 11.1. The van der Waals surface area contributed by atoms with Gasteiger partial charge in [-0.25, -0.2) is 0 Å². The number of furan rings is 1. The Labute approximate surface area is 126 Å².